The highest BCUT2D eigenvalue weighted by atomic mass is 32.2. The predicted molar refractivity (Wildman–Crippen MR) is 103 cm³/mol. The van der Waals surface area contributed by atoms with E-state index in [4.69, 9.17) is 9.52 Å². The molecule has 7 nitrogen and oxygen atoms in total. The van der Waals surface area contributed by atoms with E-state index in [1.165, 1.54) is 6.26 Å². The lowest BCUT2D eigenvalue weighted by Crippen LogP contribution is -2.07. The van der Waals surface area contributed by atoms with Gasteiger partial charge in [-0.3, -0.25) is 14.3 Å². The predicted octanol–water partition coefficient (Wildman–Crippen LogP) is 3.59. The van der Waals surface area contributed by atoms with Gasteiger partial charge >= 0.3 is 0 Å². The minimum absolute atomic E-state index is 0.226. The summed E-state index contributed by atoms with van der Waals surface area (Å²) in [6.45, 7) is -0.603. The third-order valence-corrected chi connectivity index (χ3v) is 5.27. The van der Waals surface area contributed by atoms with E-state index in [9.17, 15) is 13.6 Å². The number of furan rings is 1. The standard InChI is InChI=1S/C20H14F2N4O3S/c21-15-7-13(17(28)11-27)8-16(22)18(15)30-20-25-24-19(12-3-1-5-23-9-12)26(20)10-14-4-2-6-29-14/h1-9,27H,10-11H2. The van der Waals surface area contributed by atoms with Crippen LogP contribution in [0, 0.1) is 11.6 Å². The number of rotatable bonds is 7. The van der Waals surface area contributed by atoms with Crippen molar-refractivity contribution in [2.24, 2.45) is 0 Å². The lowest BCUT2D eigenvalue weighted by atomic mass is 10.1. The number of aromatic nitrogens is 4. The van der Waals surface area contributed by atoms with Crippen LogP contribution >= 0.6 is 11.8 Å². The molecule has 4 rings (SSSR count). The Morgan fingerprint density at radius 1 is 1.17 bits per heavy atom. The van der Waals surface area contributed by atoms with Gasteiger partial charge in [-0.05, 0) is 48.2 Å². The summed E-state index contributed by atoms with van der Waals surface area (Å²) in [6.07, 6.45) is 4.74. The first-order valence-corrected chi connectivity index (χ1v) is 9.55. The lowest BCUT2D eigenvalue weighted by Gasteiger charge is -2.10. The molecule has 0 bridgehead atoms. The number of aliphatic hydroxyl groups is 1. The molecule has 1 N–H and O–H groups in total. The third-order valence-electron chi connectivity index (χ3n) is 4.19. The Kier molecular flexibility index (Phi) is 5.68. The Labute approximate surface area is 173 Å². The van der Waals surface area contributed by atoms with Gasteiger partial charge in [-0.15, -0.1) is 10.2 Å². The quantitative estimate of drug-likeness (QED) is 0.450. The minimum Gasteiger partial charge on any atom is -0.467 e. The molecule has 0 aliphatic carbocycles. The van der Waals surface area contributed by atoms with Crippen LogP contribution < -0.4 is 0 Å². The molecule has 0 aliphatic heterocycles. The second-order valence-corrected chi connectivity index (χ2v) is 7.14. The molecule has 0 amide bonds. The highest BCUT2D eigenvalue weighted by molar-refractivity contribution is 7.99. The number of carbonyl (C=O) groups is 1. The number of carbonyl (C=O) groups excluding carboxylic acids is 1. The van der Waals surface area contributed by atoms with E-state index in [0.717, 1.165) is 23.9 Å². The van der Waals surface area contributed by atoms with Gasteiger partial charge in [0.15, 0.2) is 16.8 Å². The Hall–Kier alpha value is -3.37. The van der Waals surface area contributed by atoms with Crippen molar-refractivity contribution in [1.29, 1.82) is 0 Å². The monoisotopic (exact) mass is 428 g/mol. The average Bonchev–Trinajstić information content (AvgIpc) is 3.41. The van der Waals surface area contributed by atoms with E-state index in [1.807, 2.05) is 0 Å². The van der Waals surface area contributed by atoms with Crippen molar-refractivity contribution in [3.8, 4) is 11.4 Å². The number of Topliss-reactive ketones (excluding diaryl/α,β-unsaturated/α-hetero) is 1. The summed E-state index contributed by atoms with van der Waals surface area (Å²) in [6, 6.07) is 8.80. The zero-order chi connectivity index (χ0) is 21.1. The molecule has 0 saturated carbocycles. The number of ketones is 1. The zero-order valence-corrected chi connectivity index (χ0v) is 16.1. The van der Waals surface area contributed by atoms with Gasteiger partial charge in [-0.1, -0.05) is 0 Å². The lowest BCUT2D eigenvalue weighted by molar-refractivity contribution is 0.0902. The molecule has 4 aromatic rings. The molecular weight excluding hydrogens is 414 g/mol. The maximum atomic E-state index is 14.6. The first-order valence-electron chi connectivity index (χ1n) is 8.73. The molecule has 0 saturated heterocycles. The largest absolute Gasteiger partial charge is 0.467 e. The van der Waals surface area contributed by atoms with Gasteiger partial charge in [0.05, 0.1) is 17.7 Å². The van der Waals surface area contributed by atoms with Crippen LogP contribution in [0.15, 0.2) is 69.5 Å². The molecule has 10 heteroatoms. The maximum absolute atomic E-state index is 14.6. The van der Waals surface area contributed by atoms with Gasteiger partial charge in [0.2, 0.25) is 0 Å². The summed E-state index contributed by atoms with van der Waals surface area (Å²) in [4.78, 5) is 15.3. The molecule has 152 valence electrons. The fraction of sp³-hybridized carbons (Fsp3) is 0.100. The molecule has 0 unspecified atom stereocenters. The van der Waals surface area contributed by atoms with E-state index in [-0.39, 0.29) is 22.2 Å². The Morgan fingerprint density at radius 3 is 2.60 bits per heavy atom. The highest BCUT2D eigenvalue weighted by Crippen LogP contribution is 2.34. The van der Waals surface area contributed by atoms with Crippen molar-refractivity contribution in [2.45, 2.75) is 16.6 Å². The molecule has 30 heavy (non-hydrogen) atoms. The first-order chi connectivity index (χ1) is 14.6. The zero-order valence-electron chi connectivity index (χ0n) is 15.3. The van der Waals surface area contributed by atoms with Crippen LogP contribution in [-0.4, -0.2) is 37.2 Å². The van der Waals surface area contributed by atoms with Crippen LogP contribution in [0.4, 0.5) is 8.78 Å². The fourth-order valence-electron chi connectivity index (χ4n) is 2.77. The van der Waals surface area contributed by atoms with E-state index in [0.29, 0.717) is 17.1 Å². The minimum atomic E-state index is -0.938. The molecule has 1 aromatic carbocycles. The van der Waals surface area contributed by atoms with E-state index < -0.39 is 24.0 Å². The molecular formula is C20H14F2N4O3S. The normalized spacial score (nSPS) is 11.0. The van der Waals surface area contributed by atoms with E-state index in [1.54, 1.807) is 41.2 Å². The SMILES string of the molecule is O=C(CO)c1cc(F)c(Sc2nnc(-c3cccnc3)n2Cc2ccco2)c(F)c1. The Morgan fingerprint density at radius 2 is 1.97 bits per heavy atom. The second kappa shape index (κ2) is 8.56. The van der Waals surface area contributed by atoms with Crippen LogP contribution in [0.5, 0.6) is 0 Å². The van der Waals surface area contributed by atoms with Crippen molar-refractivity contribution >= 4 is 17.5 Å². The van der Waals surface area contributed by atoms with Gasteiger partial charge < -0.3 is 9.52 Å². The van der Waals surface area contributed by atoms with Crippen LogP contribution in [-0.2, 0) is 6.54 Å². The average molecular weight is 428 g/mol. The molecule has 0 atom stereocenters. The number of nitrogens with zero attached hydrogens (tertiary/aromatic N) is 4. The summed E-state index contributed by atoms with van der Waals surface area (Å²) in [5.41, 5.74) is 0.429. The van der Waals surface area contributed by atoms with Gasteiger partial charge in [0.25, 0.3) is 0 Å². The summed E-state index contributed by atoms with van der Waals surface area (Å²) < 4.78 is 36.2. The summed E-state index contributed by atoms with van der Waals surface area (Å²) >= 11 is 0.736. The first kappa shape index (κ1) is 19.9. The number of halogens is 2. The number of pyridine rings is 1. The summed E-state index contributed by atoms with van der Waals surface area (Å²) in [5.74, 6) is -1.59. The van der Waals surface area contributed by atoms with Gasteiger partial charge in [0.1, 0.15) is 24.0 Å². The summed E-state index contributed by atoms with van der Waals surface area (Å²) in [7, 11) is 0. The highest BCUT2D eigenvalue weighted by Gasteiger charge is 2.21. The van der Waals surface area contributed by atoms with Crippen molar-refractivity contribution < 1.29 is 23.1 Å². The van der Waals surface area contributed by atoms with Crippen molar-refractivity contribution in [1.82, 2.24) is 19.7 Å². The molecule has 3 heterocycles. The fourth-order valence-corrected chi connectivity index (χ4v) is 3.61. The Bertz CT molecular complexity index is 1160. The molecule has 0 spiro atoms. The van der Waals surface area contributed by atoms with Crippen LogP contribution in [0.25, 0.3) is 11.4 Å². The molecule has 0 fully saturated rings. The number of hydrogen-bond donors (Lipinski definition) is 1. The van der Waals surface area contributed by atoms with Crippen LogP contribution in [0.2, 0.25) is 0 Å². The topological polar surface area (TPSA) is 94.0 Å². The number of hydrogen-bond acceptors (Lipinski definition) is 7. The van der Waals surface area contributed by atoms with Gasteiger partial charge in [-0.2, -0.15) is 0 Å². The summed E-state index contributed by atoms with van der Waals surface area (Å²) in [5, 5.41) is 17.4. The van der Waals surface area contributed by atoms with E-state index >= 15 is 0 Å². The van der Waals surface area contributed by atoms with Crippen LogP contribution in [0.1, 0.15) is 16.1 Å². The van der Waals surface area contributed by atoms with Crippen molar-refractivity contribution in [3.63, 3.8) is 0 Å². The molecule has 0 aliphatic rings. The second-order valence-electron chi connectivity index (χ2n) is 6.17. The smallest absolute Gasteiger partial charge is 0.196 e. The number of benzene rings is 1. The van der Waals surface area contributed by atoms with Gasteiger partial charge in [0, 0.05) is 23.5 Å². The number of aliphatic hydroxyl groups excluding tert-OH is 1. The van der Waals surface area contributed by atoms with Gasteiger partial charge in [-0.25, -0.2) is 8.78 Å². The van der Waals surface area contributed by atoms with Crippen molar-refractivity contribution in [2.75, 3.05) is 6.61 Å². The van der Waals surface area contributed by atoms with Crippen LogP contribution in [0.3, 0.4) is 0 Å². The third kappa shape index (κ3) is 4.00. The molecule has 0 radical (unpaired) electrons. The molecule has 3 aromatic heterocycles. The van der Waals surface area contributed by atoms with Crippen molar-refractivity contribution in [3.05, 3.63) is 78.0 Å². The Balaban J connectivity index is 1.74. The van der Waals surface area contributed by atoms with E-state index in [2.05, 4.69) is 15.2 Å². The maximum Gasteiger partial charge on any atom is 0.196 e.